The largest absolute Gasteiger partial charge is 0.496 e. The van der Waals surface area contributed by atoms with Crippen LogP contribution in [0.1, 0.15) is 11.6 Å². The van der Waals surface area contributed by atoms with E-state index < -0.39 is 0 Å². The molecule has 1 aromatic rings. The third kappa shape index (κ3) is 2.90. The van der Waals surface area contributed by atoms with Gasteiger partial charge < -0.3 is 15.2 Å². The molecule has 5 heteroatoms. The number of methoxy groups -OCH3 is 2. The van der Waals surface area contributed by atoms with Crippen LogP contribution in [0.3, 0.4) is 0 Å². The lowest BCUT2D eigenvalue weighted by Crippen LogP contribution is -2.29. The third-order valence-electron chi connectivity index (χ3n) is 3.04. The first-order valence-corrected chi connectivity index (χ1v) is 8.14. The second-order valence-electron chi connectivity index (χ2n) is 4.09. The van der Waals surface area contributed by atoms with E-state index in [1.165, 1.54) is 11.5 Å². The topological polar surface area (TPSA) is 44.5 Å². The predicted molar refractivity (Wildman–Crippen MR) is 80.0 cm³/mol. The predicted octanol–water partition coefficient (Wildman–Crippen LogP) is 2.55. The van der Waals surface area contributed by atoms with Gasteiger partial charge in [0, 0.05) is 28.6 Å². The van der Waals surface area contributed by atoms with Crippen LogP contribution in [0.15, 0.2) is 18.2 Å². The van der Waals surface area contributed by atoms with E-state index in [-0.39, 0.29) is 6.04 Å². The molecule has 3 nitrogen and oxygen atoms in total. The number of nitrogens with two attached hydrogens (primary N) is 1. The van der Waals surface area contributed by atoms with Crippen LogP contribution in [-0.2, 0) is 0 Å². The van der Waals surface area contributed by atoms with Gasteiger partial charge in [0.05, 0.1) is 19.8 Å². The lowest BCUT2D eigenvalue weighted by Gasteiger charge is -2.28. The Kier molecular flexibility index (Phi) is 5.09. The molecule has 100 valence electrons. The van der Waals surface area contributed by atoms with E-state index in [1.807, 2.05) is 41.7 Å². The summed E-state index contributed by atoms with van der Waals surface area (Å²) in [5.74, 6) is 5.11. The quantitative estimate of drug-likeness (QED) is 0.921. The maximum atomic E-state index is 6.43. The third-order valence-corrected chi connectivity index (χ3v) is 5.93. The van der Waals surface area contributed by atoms with Crippen LogP contribution in [0.2, 0.25) is 0 Å². The van der Waals surface area contributed by atoms with Gasteiger partial charge in [-0.25, -0.2) is 0 Å². The van der Waals surface area contributed by atoms with Gasteiger partial charge in [-0.3, -0.25) is 0 Å². The van der Waals surface area contributed by atoms with Crippen molar-refractivity contribution in [1.29, 1.82) is 0 Å². The molecule has 2 unspecified atom stereocenters. The molecule has 0 spiro atoms. The summed E-state index contributed by atoms with van der Waals surface area (Å²) in [6.07, 6.45) is 0. The number of ether oxygens (including phenoxy) is 2. The van der Waals surface area contributed by atoms with Crippen molar-refractivity contribution >= 4 is 23.5 Å². The Morgan fingerprint density at radius 3 is 2.39 bits per heavy atom. The zero-order chi connectivity index (χ0) is 13.0. The summed E-state index contributed by atoms with van der Waals surface area (Å²) >= 11 is 3.92. The summed E-state index contributed by atoms with van der Waals surface area (Å²) in [4.78, 5) is 0. The minimum absolute atomic E-state index is 0.0473. The maximum Gasteiger partial charge on any atom is 0.127 e. The molecule has 1 aromatic carbocycles. The van der Waals surface area contributed by atoms with Gasteiger partial charge in [0.25, 0.3) is 0 Å². The molecule has 1 saturated heterocycles. The molecule has 2 rings (SSSR count). The molecule has 2 atom stereocenters. The Bertz CT molecular complexity index is 372. The highest BCUT2D eigenvalue weighted by atomic mass is 32.2. The molecule has 18 heavy (non-hydrogen) atoms. The molecule has 0 bridgehead atoms. The van der Waals surface area contributed by atoms with E-state index in [1.54, 1.807) is 14.2 Å². The van der Waals surface area contributed by atoms with Crippen LogP contribution in [-0.4, -0.2) is 36.7 Å². The molecule has 0 amide bonds. The van der Waals surface area contributed by atoms with Crippen LogP contribution in [0.4, 0.5) is 0 Å². The fourth-order valence-electron chi connectivity index (χ4n) is 2.11. The SMILES string of the molecule is COc1cccc(OC)c1C(N)C1CSCCS1. The molecule has 0 radical (unpaired) electrons. The first-order valence-electron chi connectivity index (χ1n) is 5.93. The van der Waals surface area contributed by atoms with Gasteiger partial charge in [-0.15, -0.1) is 0 Å². The summed E-state index contributed by atoms with van der Waals surface area (Å²) in [7, 11) is 3.35. The Morgan fingerprint density at radius 2 is 1.89 bits per heavy atom. The van der Waals surface area contributed by atoms with Crippen molar-refractivity contribution in [3.8, 4) is 11.5 Å². The first-order chi connectivity index (χ1) is 8.77. The van der Waals surface area contributed by atoms with E-state index in [4.69, 9.17) is 15.2 Å². The molecule has 1 aliphatic heterocycles. The maximum absolute atomic E-state index is 6.43. The zero-order valence-corrected chi connectivity index (χ0v) is 12.4. The van der Waals surface area contributed by atoms with E-state index in [0.29, 0.717) is 5.25 Å². The molecular weight excluding hydrogens is 266 g/mol. The molecule has 0 aliphatic carbocycles. The number of rotatable bonds is 4. The normalized spacial score (nSPS) is 21.4. The van der Waals surface area contributed by atoms with Crippen molar-refractivity contribution in [2.24, 2.45) is 5.73 Å². The summed E-state index contributed by atoms with van der Waals surface area (Å²) in [6, 6.07) is 5.77. The summed E-state index contributed by atoms with van der Waals surface area (Å²) in [6.45, 7) is 0. The van der Waals surface area contributed by atoms with Gasteiger partial charge in [0.15, 0.2) is 0 Å². The van der Waals surface area contributed by atoms with Crippen LogP contribution < -0.4 is 15.2 Å². The van der Waals surface area contributed by atoms with E-state index >= 15 is 0 Å². The van der Waals surface area contributed by atoms with E-state index in [2.05, 4.69) is 0 Å². The summed E-state index contributed by atoms with van der Waals surface area (Å²) in [5.41, 5.74) is 7.42. The van der Waals surface area contributed by atoms with Crippen LogP contribution in [0.25, 0.3) is 0 Å². The standard InChI is InChI=1S/C13H19NO2S2/c1-15-9-4-3-5-10(16-2)12(9)13(14)11-8-17-6-7-18-11/h3-5,11,13H,6-8,14H2,1-2H3. The lowest BCUT2D eigenvalue weighted by atomic mass is 10.0. The fourth-order valence-corrected chi connectivity index (χ4v) is 4.89. The van der Waals surface area contributed by atoms with Gasteiger partial charge in [-0.2, -0.15) is 23.5 Å². The van der Waals surface area contributed by atoms with Crippen LogP contribution in [0.5, 0.6) is 11.5 Å². The van der Waals surface area contributed by atoms with Crippen molar-refractivity contribution in [3.63, 3.8) is 0 Å². The fraction of sp³-hybridized carbons (Fsp3) is 0.538. The number of hydrogen-bond donors (Lipinski definition) is 1. The Morgan fingerprint density at radius 1 is 1.22 bits per heavy atom. The zero-order valence-electron chi connectivity index (χ0n) is 10.7. The van der Waals surface area contributed by atoms with Gasteiger partial charge in [-0.1, -0.05) is 6.07 Å². The first kappa shape index (κ1) is 13.9. The monoisotopic (exact) mass is 285 g/mol. The van der Waals surface area contributed by atoms with Gasteiger partial charge in [0.2, 0.25) is 0 Å². The minimum Gasteiger partial charge on any atom is -0.496 e. The lowest BCUT2D eigenvalue weighted by molar-refractivity contribution is 0.379. The van der Waals surface area contributed by atoms with Crippen molar-refractivity contribution in [1.82, 2.24) is 0 Å². The summed E-state index contributed by atoms with van der Waals surface area (Å²) < 4.78 is 10.8. The Labute approximate surface area is 117 Å². The average molecular weight is 285 g/mol. The molecule has 1 aliphatic rings. The Hall–Kier alpha value is -0.520. The summed E-state index contributed by atoms with van der Waals surface area (Å²) in [5, 5.41) is 0.425. The molecule has 0 aromatic heterocycles. The molecule has 1 heterocycles. The molecule has 0 saturated carbocycles. The highest BCUT2D eigenvalue weighted by molar-refractivity contribution is 8.06. The van der Waals surface area contributed by atoms with Crippen molar-refractivity contribution in [3.05, 3.63) is 23.8 Å². The van der Waals surface area contributed by atoms with Crippen molar-refractivity contribution < 1.29 is 9.47 Å². The average Bonchev–Trinajstić information content (AvgIpc) is 2.46. The van der Waals surface area contributed by atoms with Crippen molar-refractivity contribution in [2.75, 3.05) is 31.5 Å². The van der Waals surface area contributed by atoms with Gasteiger partial charge >= 0.3 is 0 Å². The van der Waals surface area contributed by atoms with E-state index in [9.17, 15) is 0 Å². The van der Waals surface area contributed by atoms with Crippen molar-refractivity contribution in [2.45, 2.75) is 11.3 Å². The number of benzene rings is 1. The molecular formula is C13H19NO2S2. The number of thioether (sulfide) groups is 2. The van der Waals surface area contributed by atoms with Gasteiger partial charge in [-0.05, 0) is 12.1 Å². The minimum atomic E-state index is -0.0473. The second kappa shape index (κ2) is 6.59. The second-order valence-corrected chi connectivity index (χ2v) is 6.58. The highest BCUT2D eigenvalue weighted by Gasteiger charge is 2.27. The number of hydrogen-bond acceptors (Lipinski definition) is 5. The van der Waals surface area contributed by atoms with Crippen LogP contribution in [0, 0.1) is 0 Å². The molecule has 2 N–H and O–H groups in total. The smallest absolute Gasteiger partial charge is 0.127 e. The molecule has 1 fully saturated rings. The van der Waals surface area contributed by atoms with E-state index in [0.717, 1.165) is 22.8 Å². The van der Waals surface area contributed by atoms with Gasteiger partial charge in [0.1, 0.15) is 11.5 Å². The Balaban J connectivity index is 2.29. The highest BCUT2D eigenvalue weighted by Crippen LogP contribution is 2.39. The van der Waals surface area contributed by atoms with Crippen LogP contribution >= 0.6 is 23.5 Å².